The third kappa shape index (κ3) is 6.83. The van der Waals surface area contributed by atoms with Crippen LogP contribution in [0.15, 0.2) is 18.0 Å². The van der Waals surface area contributed by atoms with Gasteiger partial charge >= 0.3 is 12.2 Å². The number of allylic oxidation sites excluding steroid dienone is 1. The average molecular weight is 654 g/mol. The molecule has 2 aromatic heterocycles. The van der Waals surface area contributed by atoms with Crippen LogP contribution in [-0.4, -0.2) is 56.6 Å². The minimum atomic E-state index is -0.960. The number of aromatic nitrogens is 4. The van der Waals surface area contributed by atoms with Crippen molar-refractivity contribution in [1.82, 2.24) is 19.5 Å². The topological polar surface area (TPSA) is 111 Å². The summed E-state index contributed by atoms with van der Waals surface area (Å²) < 4.78 is 27.3. The van der Waals surface area contributed by atoms with Gasteiger partial charge in [0.15, 0.2) is 17.0 Å². The van der Waals surface area contributed by atoms with Crippen molar-refractivity contribution in [2.24, 2.45) is 40.4 Å². The molecular formula is C37H56FN5O4. The first-order valence-corrected chi connectivity index (χ1v) is 18.2. The number of unbranched alkanes of at least 4 members (excludes halogenated alkanes) is 1. The van der Waals surface area contributed by atoms with E-state index in [-0.39, 0.29) is 41.2 Å². The molecule has 6 rings (SSSR count). The van der Waals surface area contributed by atoms with Gasteiger partial charge in [0.1, 0.15) is 6.10 Å². The second kappa shape index (κ2) is 14.1. The standard InChI is InChI=1S/C37H56FN5O4/c1-23(2)8-6-7-9-24-11-13-29-28-12-10-25-20-26(14-17-37(25,4)30(28)15-18-36(24,29)3)47-35(45)41-32-31-33(42-34(38)40-32)43(22-39-31)19-16-27(21-44)46-5/h10,22-24,26-30,44H,6-9,11-21H2,1-5H3,(H,40,41,42,45). The molecule has 4 aliphatic rings. The smallest absolute Gasteiger partial charge is 0.413 e. The molecule has 8 unspecified atom stereocenters. The second-order valence-corrected chi connectivity index (χ2v) is 15.9. The van der Waals surface area contributed by atoms with E-state index >= 15 is 0 Å². The minimum Gasteiger partial charge on any atom is -0.446 e. The molecule has 0 bridgehead atoms. The number of imidazole rings is 1. The quantitative estimate of drug-likeness (QED) is 0.135. The number of carbonyl (C=O) groups excluding carboxylic acids is 1. The fraction of sp³-hybridized carbons (Fsp3) is 0.784. The largest absolute Gasteiger partial charge is 0.446 e. The van der Waals surface area contributed by atoms with Gasteiger partial charge in [-0.1, -0.05) is 58.6 Å². The highest BCUT2D eigenvalue weighted by Gasteiger charge is 2.58. The molecule has 2 aromatic rings. The van der Waals surface area contributed by atoms with E-state index in [0.29, 0.717) is 24.3 Å². The number of nitrogens with one attached hydrogen (secondary N) is 1. The van der Waals surface area contributed by atoms with Crippen LogP contribution in [0.4, 0.5) is 15.0 Å². The molecular weight excluding hydrogens is 597 g/mol. The lowest BCUT2D eigenvalue weighted by molar-refractivity contribution is -0.0514. The van der Waals surface area contributed by atoms with Crippen molar-refractivity contribution in [1.29, 1.82) is 0 Å². The Balaban J connectivity index is 1.07. The van der Waals surface area contributed by atoms with Crippen molar-refractivity contribution in [3.05, 3.63) is 24.1 Å². The van der Waals surface area contributed by atoms with Gasteiger partial charge in [-0.05, 0) is 98.2 Å². The second-order valence-electron chi connectivity index (χ2n) is 15.9. The molecule has 4 aliphatic carbocycles. The van der Waals surface area contributed by atoms with Gasteiger partial charge in [-0.25, -0.2) is 9.78 Å². The van der Waals surface area contributed by atoms with Crippen LogP contribution in [0.1, 0.15) is 111 Å². The third-order valence-electron chi connectivity index (χ3n) is 13.0. The minimum absolute atomic E-state index is 0.0119. The molecule has 3 saturated carbocycles. The number of hydrogen-bond donors (Lipinski definition) is 2. The number of anilines is 1. The molecule has 0 aliphatic heterocycles. The van der Waals surface area contributed by atoms with Gasteiger partial charge in [-0.15, -0.1) is 0 Å². The lowest BCUT2D eigenvalue weighted by Crippen LogP contribution is -2.50. The Bertz CT molecular complexity index is 1440. The van der Waals surface area contributed by atoms with E-state index in [0.717, 1.165) is 49.4 Å². The van der Waals surface area contributed by atoms with Crippen molar-refractivity contribution in [3.8, 4) is 0 Å². The van der Waals surface area contributed by atoms with Crippen LogP contribution in [0.5, 0.6) is 0 Å². The molecule has 2 heterocycles. The Morgan fingerprint density at radius 2 is 1.96 bits per heavy atom. The van der Waals surface area contributed by atoms with E-state index in [1.165, 1.54) is 70.4 Å². The summed E-state index contributed by atoms with van der Waals surface area (Å²) in [4.78, 5) is 25.2. The maximum atomic E-state index is 14.5. The Labute approximate surface area is 279 Å². The Hall–Kier alpha value is -2.59. The number of ether oxygens (including phenoxy) is 2. The summed E-state index contributed by atoms with van der Waals surface area (Å²) in [5.41, 5.74) is 2.67. The summed E-state index contributed by atoms with van der Waals surface area (Å²) in [7, 11) is 1.53. The highest BCUT2D eigenvalue weighted by atomic mass is 19.1. The fourth-order valence-electron chi connectivity index (χ4n) is 10.3. The maximum Gasteiger partial charge on any atom is 0.413 e. The average Bonchev–Trinajstić information content (AvgIpc) is 3.60. The number of aliphatic hydroxyl groups excluding tert-OH is 1. The number of aliphatic hydroxyl groups is 1. The molecule has 10 heteroatoms. The molecule has 0 aromatic carbocycles. The van der Waals surface area contributed by atoms with E-state index in [9.17, 15) is 14.3 Å². The number of methoxy groups -OCH3 is 1. The van der Waals surface area contributed by atoms with Crippen LogP contribution in [0.3, 0.4) is 0 Å². The SMILES string of the molecule is COC(CO)CCn1cnc2c(NC(=O)OC3CCC4(C)C(=CCC5C4CCC4(C)C(CCCCC(C)C)CCC54)C3)nc(F)nc21. The van der Waals surface area contributed by atoms with Crippen molar-refractivity contribution in [3.63, 3.8) is 0 Å². The van der Waals surface area contributed by atoms with Gasteiger partial charge in [-0.3, -0.25) is 5.32 Å². The molecule has 3 fully saturated rings. The first kappa shape index (κ1) is 34.3. The number of halogens is 1. The molecule has 260 valence electrons. The first-order valence-electron chi connectivity index (χ1n) is 18.2. The predicted molar refractivity (Wildman–Crippen MR) is 180 cm³/mol. The van der Waals surface area contributed by atoms with Gasteiger partial charge in [-0.2, -0.15) is 14.4 Å². The van der Waals surface area contributed by atoms with E-state index in [1.807, 2.05) is 0 Å². The molecule has 47 heavy (non-hydrogen) atoms. The highest BCUT2D eigenvalue weighted by Crippen LogP contribution is 2.66. The normalized spacial score (nSPS) is 32.4. The maximum absolute atomic E-state index is 14.5. The molecule has 1 amide bonds. The summed E-state index contributed by atoms with van der Waals surface area (Å²) in [6, 6.07) is 0. The lowest BCUT2D eigenvalue weighted by atomic mass is 9.47. The Morgan fingerprint density at radius 1 is 1.13 bits per heavy atom. The molecule has 0 spiro atoms. The van der Waals surface area contributed by atoms with Crippen LogP contribution in [0.2, 0.25) is 0 Å². The van der Waals surface area contributed by atoms with Gasteiger partial charge < -0.3 is 19.1 Å². The Morgan fingerprint density at radius 3 is 2.72 bits per heavy atom. The monoisotopic (exact) mass is 653 g/mol. The summed E-state index contributed by atoms with van der Waals surface area (Å²) in [5, 5.41) is 12.1. The number of aryl methyl sites for hydroxylation is 1. The van der Waals surface area contributed by atoms with Gasteiger partial charge in [0.25, 0.3) is 0 Å². The highest BCUT2D eigenvalue weighted by molar-refractivity contribution is 5.93. The molecule has 2 N–H and O–H groups in total. The lowest BCUT2D eigenvalue weighted by Gasteiger charge is -2.58. The number of hydrogen-bond acceptors (Lipinski definition) is 7. The van der Waals surface area contributed by atoms with Crippen molar-refractivity contribution < 1.29 is 23.8 Å². The van der Waals surface area contributed by atoms with Crippen LogP contribution < -0.4 is 5.32 Å². The van der Waals surface area contributed by atoms with Crippen LogP contribution in [-0.2, 0) is 16.0 Å². The zero-order valence-corrected chi connectivity index (χ0v) is 29.1. The third-order valence-corrected chi connectivity index (χ3v) is 13.0. The van der Waals surface area contributed by atoms with Crippen molar-refractivity contribution in [2.75, 3.05) is 19.0 Å². The molecule has 9 nitrogen and oxygen atoms in total. The van der Waals surface area contributed by atoms with E-state index in [1.54, 1.807) is 4.57 Å². The predicted octanol–water partition coefficient (Wildman–Crippen LogP) is 8.08. The number of rotatable bonds is 12. The van der Waals surface area contributed by atoms with E-state index in [2.05, 4.69) is 54.0 Å². The summed E-state index contributed by atoms with van der Waals surface area (Å²) in [6.45, 7) is 10.1. The summed E-state index contributed by atoms with van der Waals surface area (Å²) in [6.07, 6.45) is 17.1. The zero-order chi connectivity index (χ0) is 33.3. The zero-order valence-electron chi connectivity index (χ0n) is 29.1. The summed E-state index contributed by atoms with van der Waals surface area (Å²) >= 11 is 0. The van der Waals surface area contributed by atoms with E-state index in [4.69, 9.17) is 9.47 Å². The van der Waals surface area contributed by atoms with Crippen molar-refractivity contribution in [2.45, 2.75) is 130 Å². The first-order chi connectivity index (χ1) is 22.6. The number of amides is 1. The van der Waals surface area contributed by atoms with Crippen molar-refractivity contribution >= 4 is 23.1 Å². The summed E-state index contributed by atoms with van der Waals surface area (Å²) in [5.74, 6) is 3.98. The number of nitrogens with zero attached hydrogens (tertiary/aromatic N) is 4. The Kier molecular flexibility index (Phi) is 10.3. The fourth-order valence-corrected chi connectivity index (χ4v) is 10.3. The molecule has 8 atom stereocenters. The van der Waals surface area contributed by atoms with Crippen LogP contribution >= 0.6 is 0 Å². The van der Waals surface area contributed by atoms with Gasteiger partial charge in [0.2, 0.25) is 0 Å². The van der Waals surface area contributed by atoms with Gasteiger partial charge in [0, 0.05) is 20.1 Å². The van der Waals surface area contributed by atoms with E-state index < -0.39 is 12.2 Å². The number of carbonyl (C=O) groups is 1. The number of fused-ring (bicyclic) bond motifs is 6. The molecule has 0 saturated heterocycles. The molecule has 0 radical (unpaired) electrons. The van der Waals surface area contributed by atoms with Crippen LogP contribution in [0, 0.1) is 46.5 Å². The van der Waals surface area contributed by atoms with Crippen LogP contribution in [0.25, 0.3) is 11.2 Å². The van der Waals surface area contributed by atoms with Gasteiger partial charge in [0.05, 0.1) is 19.0 Å².